The molecule has 0 aliphatic heterocycles. The Hall–Kier alpha value is -2.66. The number of H-pyrrole nitrogens is 1. The molecule has 3 rings (SSSR count). The topological polar surface area (TPSA) is 59.2 Å². The first-order valence-corrected chi connectivity index (χ1v) is 9.10. The summed E-state index contributed by atoms with van der Waals surface area (Å²) in [5.41, 5.74) is 3.16. The fraction of sp³-hybridized carbons (Fsp3) is 0.143. The summed E-state index contributed by atoms with van der Waals surface area (Å²) in [5.74, 6) is -0.631. The van der Waals surface area contributed by atoms with Crippen molar-refractivity contribution < 1.29 is 14.3 Å². The molecule has 4 nitrogen and oxygen atoms in total. The van der Waals surface area contributed by atoms with Gasteiger partial charge in [0.25, 0.3) is 0 Å². The van der Waals surface area contributed by atoms with Gasteiger partial charge in [0.1, 0.15) is 6.61 Å². The lowest BCUT2D eigenvalue weighted by molar-refractivity contribution is 0.0472. The molecule has 1 heterocycles. The van der Waals surface area contributed by atoms with E-state index in [1.165, 1.54) is 0 Å². The van der Waals surface area contributed by atoms with Crippen molar-refractivity contribution in [2.75, 3.05) is 0 Å². The van der Waals surface area contributed by atoms with Crippen LogP contribution in [0.4, 0.5) is 0 Å². The van der Waals surface area contributed by atoms with Gasteiger partial charge in [-0.2, -0.15) is 0 Å². The maximum Gasteiger partial charge on any atom is 0.338 e. The summed E-state index contributed by atoms with van der Waals surface area (Å²) in [6, 6.07) is 18.0. The molecule has 0 bridgehead atoms. The Kier molecular flexibility index (Phi) is 5.68. The van der Waals surface area contributed by atoms with Crippen molar-refractivity contribution in [2.24, 2.45) is 0 Å². The largest absolute Gasteiger partial charge is 0.457 e. The third-order valence-corrected chi connectivity index (χ3v) is 4.44. The first-order valence-electron chi connectivity index (χ1n) is 8.31. The minimum atomic E-state index is -0.468. The number of nitrogens with one attached hydrogen (secondary N) is 1. The lowest BCUT2D eigenvalue weighted by Gasteiger charge is -2.07. The second kappa shape index (κ2) is 8.15. The normalized spacial score (nSPS) is 10.5. The van der Waals surface area contributed by atoms with E-state index in [1.54, 1.807) is 24.3 Å². The molecule has 1 N–H and O–H groups in total. The molecule has 3 aromatic rings. The van der Waals surface area contributed by atoms with E-state index in [1.807, 2.05) is 43.3 Å². The Bertz CT molecular complexity index is 931. The van der Waals surface area contributed by atoms with Gasteiger partial charge in [0.2, 0.25) is 5.78 Å². The summed E-state index contributed by atoms with van der Waals surface area (Å²) in [7, 11) is 0. The number of hydrogen-bond donors (Lipinski definition) is 1. The van der Waals surface area contributed by atoms with E-state index in [2.05, 4.69) is 20.9 Å². The summed E-state index contributed by atoms with van der Waals surface area (Å²) >= 11 is 3.37. The highest BCUT2D eigenvalue weighted by Crippen LogP contribution is 2.20. The van der Waals surface area contributed by atoms with Crippen LogP contribution in [0.1, 0.15) is 44.6 Å². The monoisotopic (exact) mass is 411 g/mol. The van der Waals surface area contributed by atoms with Gasteiger partial charge in [-0.3, -0.25) is 4.79 Å². The maximum absolute atomic E-state index is 12.7. The van der Waals surface area contributed by atoms with E-state index in [9.17, 15) is 9.59 Å². The zero-order valence-corrected chi connectivity index (χ0v) is 15.9. The fourth-order valence-electron chi connectivity index (χ4n) is 2.58. The van der Waals surface area contributed by atoms with E-state index < -0.39 is 5.97 Å². The summed E-state index contributed by atoms with van der Waals surface area (Å²) < 4.78 is 6.00. The Labute approximate surface area is 160 Å². The van der Waals surface area contributed by atoms with Gasteiger partial charge in [-0.05, 0) is 42.3 Å². The standard InChI is InChI=1S/C21H18BrNO3/c1-2-18-8-9-19(23-18)20(24)15-10-16(12-17(22)11-15)21(25)26-13-14-6-4-3-5-7-14/h3-12,23H,2,13H2,1H3. The number of ketones is 1. The molecule has 0 radical (unpaired) electrons. The smallest absolute Gasteiger partial charge is 0.338 e. The van der Waals surface area contributed by atoms with Crippen LogP contribution in [0.3, 0.4) is 0 Å². The Morgan fingerprint density at radius 1 is 1.00 bits per heavy atom. The van der Waals surface area contributed by atoms with Gasteiger partial charge in [-0.15, -0.1) is 0 Å². The molecule has 0 saturated heterocycles. The summed E-state index contributed by atoms with van der Waals surface area (Å²) in [6.45, 7) is 2.20. The molecule has 0 aliphatic rings. The molecular weight excluding hydrogens is 394 g/mol. The number of halogens is 1. The van der Waals surface area contributed by atoms with Crippen LogP contribution in [-0.4, -0.2) is 16.7 Å². The van der Waals surface area contributed by atoms with Crippen molar-refractivity contribution in [3.63, 3.8) is 0 Å². The maximum atomic E-state index is 12.7. The minimum Gasteiger partial charge on any atom is -0.457 e. The zero-order valence-electron chi connectivity index (χ0n) is 14.3. The highest BCUT2D eigenvalue weighted by atomic mass is 79.9. The zero-order chi connectivity index (χ0) is 18.5. The number of rotatable bonds is 6. The first kappa shape index (κ1) is 18.1. The number of hydrogen-bond acceptors (Lipinski definition) is 3. The van der Waals surface area contributed by atoms with Crippen LogP contribution in [0, 0.1) is 0 Å². The quantitative estimate of drug-likeness (QED) is 0.462. The fourth-order valence-corrected chi connectivity index (χ4v) is 3.07. The van der Waals surface area contributed by atoms with Crippen LogP contribution in [0.2, 0.25) is 0 Å². The van der Waals surface area contributed by atoms with Gasteiger partial charge >= 0.3 is 5.97 Å². The van der Waals surface area contributed by atoms with E-state index in [-0.39, 0.29) is 12.4 Å². The highest BCUT2D eigenvalue weighted by Gasteiger charge is 2.16. The van der Waals surface area contributed by atoms with Crippen LogP contribution in [-0.2, 0) is 17.8 Å². The van der Waals surface area contributed by atoms with Crippen molar-refractivity contribution in [2.45, 2.75) is 20.0 Å². The molecule has 5 heteroatoms. The number of ether oxygens (including phenoxy) is 1. The van der Waals surface area contributed by atoms with Crippen molar-refractivity contribution in [1.29, 1.82) is 0 Å². The number of carbonyl (C=O) groups is 2. The molecule has 26 heavy (non-hydrogen) atoms. The highest BCUT2D eigenvalue weighted by molar-refractivity contribution is 9.10. The molecule has 0 atom stereocenters. The Morgan fingerprint density at radius 3 is 2.42 bits per heavy atom. The van der Waals surface area contributed by atoms with Crippen molar-refractivity contribution >= 4 is 27.7 Å². The van der Waals surface area contributed by atoms with Crippen LogP contribution in [0.15, 0.2) is 65.1 Å². The number of aromatic amines is 1. The van der Waals surface area contributed by atoms with E-state index in [4.69, 9.17) is 4.74 Å². The Balaban J connectivity index is 1.78. The lowest BCUT2D eigenvalue weighted by Crippen LogP contribution is -2.08. The Morgan fingerprint density at radius 2 is 1.73 bits per heavy atom. The predicted molar refractivity (Wildman–Crippen MR) is 103 cm³/mol. The molecule has 0 amide bonds. The van der Waals surface area contributed by atoms with Crippen molar-refractivity contribution in [3.05, 3.63) is 93.2 Å². The summed E-state index contributed by atoms with van der Waals surface area (Å²) in [4.78, 5) is 28.1. The molecule has 0 saturated carbocycles. The van der Waals surface area contributed by atoms with Crippen LogP contribution in [0.25, 0.3) is 0 Å². The number of benzene rings is 2. The van der Waals surface area contributed by atoms with Gasteiger partial charge in [-0.25, -0.2) is 4.79 Å². The summed E-state index contributed by atoms with van der Waals surface area (Å²) in [6.07, 6.45) is 0.822. The second-order valence-electron chi connectivity index (χ2n) is 5.87. The van der Waals surface area contributed by atoms with E-state index >= 15 is 0 Å². The van der Waals surface area contributed by atoms with E-state index in [0.717, 1.165) is 17.7 Å². The van der Waals surface area contributed by atoms with Crippen LogP contribution < -0.4 is 0 Å². The minimum absolute atomic E-state index is 0.164. The third kappa shape index (κ3) is 4.29. The second-order valence-corrected chi connectivity index (χ2v) is 6.79. The van der Waals surface area contributed by atoms with Crippen molar-refractivity contribution in [3.8, 4) is 0 Å². The molecule has 1 aromatic heterocycles. The molecule has 0 aliphatic carbocycles. The lowest BCUT2D eigenvalue weighted by atomic mass is 10.1. The number of carbonyl (C=O) groups excluding carboxylic acids is 2. The predicted octanol–water partition coefficient (Wildman–Crippen LogP) is 4.93. The summed E-state index contributed by atoms with van der Waals surface area (Å²) in [5, 5.41) is 0. The average molecular weight is 412 g/mol. The molecule has 132 valence electrons. The molecule has 0 fully saturated rings. The van der Waals surface area contributed by atoms with Gasteiger partial charge in [0, 0.05) is 15.7 Å². The van der Waals surface area contributed by atoms with Crippen LogP contribution in [0.5, 0.6) is 0 Å². The number of aromatic nitrogens is 1. The van der Waals surface area contributed by atoms with Crippen LogP contribution >= 0.6 is 15.9 Å². The van der Waals surface area contributed by atoms with Crippen molar-refractivity contribution in [1.82, 2.24) is 4.98 Å². The van der Waals surface area contributed by atoms with Gasteiger partial charge in [-0.1, -0.05) is 53.2 Å². The average Bonchev–Trinajstić information content (AvgIpc) is 3.15. The van der Waals surface area contributed by atoms with Gasteiger partial charge < -0.3 is 9.72 Å². The number of esters is 1. The number of aryl methyl sites for hydroxylation is 1. The molecule has 0 spiro atoms. The molecular formula is C21H18BrNO3. The molecule has 0 unspecified atom stereocenters. The molecule has 2 aromatic carbocycles. The van der Waals surface area contributed by atoms with Gasteiger partial charge in [0.15, 0.2) is 0 Å². The first-order chi connectivity index (χ1) is 12.6. The third-order valence-electron chi connectivity index (χ3n) is 3.98. The van der Waals surface area contributed by atoms with E-state index in [0.29, 0.717) is 21.3 Å². The van der Waals surface area contributed by atoms with Gasteiger partial charge in [0.05, 0.1) is 11.3 Å². The SMILES string of the molecule is CCc1ccc(C(=O)c2cc(Br)cc(C(=O)OCc3ccccc3)c2)[nH]1.